The first-order chi connectivity index (χ1) is 3.66. The van der Waals surface area contributed by atoms with Crippen molar-refractivity contribution >= 4 is 13.7 Å². The van der Waals surface area contributed by atoms with Gasteiger partial charge in [0.25, 0.3) is 0 Å². The molecule has 2 radical (unpaired) electrons. The van der Waals surface area contributed by atoms with Crippen LogP contribution in [0.1, 0.15) is 20.3 Å². The third-order valence-electron chi connectivity index (χ3n) is 1.00. The summed E-state index contributed by atoms with van der Waals surface area (Å²) in [7, 11) is 4.82. The van der Waals surface area contributed by atoms with Gasteiger partial charge in [0.05, 0.1) is 0 Å². The molecule has 0 aliphatic heterocycles. The fourth-order valence-electron chi connectivity index (χ4n) is 0.345. The highest BCUT2D eigenvalue weighted by Gasteiger charge is 1.96. The Morgan fingerprint density at radius 1 is 1.88 bits per heavy atom. The second-order valence-corrected chi connectivity index (χ2v) is 1.82. The van der Waals surface area contributed by atoms with Crippen molar-refractivity contribution in [2.75, 3.05) is 0 Å². The van der Waals surface area contributed by atoms with Gasteiger partial charge in [0.2, 0.25) is 7.85 Å². The highest BCUT2D eigenvalue weighted by atomic mass is 16.1. The first-order valence-electron chi connectivity index (χ1n) is 2.72. The van der Waals surface area contributed by atoms with Crippen LogP contribution in [0.15, 0.2) is 0 Å². The smallest absolute Gasteiger partial charge is 0.200 e. The van der Waals surface area contributed by atoms with Crippen LogP contribution in [0, 0.1) is 0 Å². The van der Waals surface area contributed by atoms with Gasteiger partial charge in [-0.15, -0.1) is 0 Å². The lowest BCUT2D eigenvalue weighted by atomic mass is 10.1. The zero-order valence-electron chi connectivity index (χ0n) is 5.27. The molecular formula is C5H10BNO. The van der Waals surface area contributed by atoms with Gasteiger partial charge in [-0.2, -0.15) is 0 Å². The predicted molar refractivity (Wildman–Crippen MR) is 34.0 cm³/mol. The summed E-state index contributed by atoms with van der Waals surface area (Å²) in [4.78, 5) is 10.1. The molecule has 1 amide bonds. The van der Waals surface area contributed by atoms with Crippen LogP contribution in [-0.2, 0) is 0 Å². The summed E-state index contributed by atoms with van der Waals surface area (Å²) in [6.07, 6.45) is 0.920. The van der Waals surface area contributed by atoms with E-state index in [1.54, 1.807) is 0 Å². The SMILES string of the molecule is [B]C(=O)N[C@H](C)CC. The minimum absolute atomic E-state index is 0.201. The Bertz CT molecular complexity index is 84.5. The van der Waals surface area contributed by atoms with E-state index in [9.17, 15) is 4.79 Å². The molecule has 0 unspecified atom stereocenters. The Balaban J connectivity index is 3.24. The van der Waals surface area contributed by atoms with E-state index in [0.29, 0.717) is 0 Å². The Morgan fingerprint density at radius 3 is 2.50 bits per heavy atom. The Morgan fingerprint density at radius 2 is 2.38 bits per heavy atom. The average molecular weight is 111 g/mol. The van der Waals surface area contributed by atoms with Gasteiger partial charge in [0.15, 0.2) is 5.81 Å². The van der Waals surface area contributed by atoms with Gasteiger partial charge in [-0.05, 0) is 13.3 Å². The van der Waals surface area contributed by atoms with Gasteiger partial charge >= 0.3 is 0 Å². The monoisotopic (exact) mass is 111 g/mol. The fourth-order valence-corrected chi connectivity index (χ4v) is 0.345. The van der Waals surface area contributed by atoms with Crippen molar-refractivity contribution in [3.05, 3.63) is 0 Å². The Labute approximate surface area is 51.1 Å². The number of carbonyl (C=O) groups is 1. The van der Waals surface area contributed by atoms with Crippen LogP contribution in [0.5, 0.6) is 0 Å². The first kappa shape index (κ1) is 7.53. The van der Waals surface area contributed by atoms with Crippen molar-refractivity contribution in [3.8, 4) is 0 Å². The summed E-state index contributed by atoms with van der Waals surface area (Å²) in [6.45, 7) is 3.89. The maximum atomic E-state index is 10.1. The number of amides is 1. The fraction of sp³-hybridized carbons (Fsp3) is 0.800. The summed E-state index contributed by atoms with van der Waals surface area (Å²) < 4.78 is 0. The molecule has 0 bridgehead atoms. The maximum Gasteiger partial charge on any atom is 0.200 e. The largest absolute Gasteiger partial charge is 0.364 e. The van der Waals surface area contributed by atoms with E-state index < -0.39 is 5.81 Å². The number of carbonyl (C=O) groups excluding carboxylic acids is 1. The molecule has 0 saturated heterocycles. The van der Waals surface area contributed by atoms with Gasteiger partial charge in [-0.3, -0.25) is 4.79 Å². The molecule has 2 nitrogen and oxygen atoms in total. The van der Waals surface area contributed by atoms with E-state index in [1.165, 1.54) is 0 Å². The Kier molecular flexibility index (Phi) is 3.32. The van der Waals surface area contributed by atoms with Crippen LogP contribution in [0.3, 0.4) is 0 Å². The molecular weight excluding hydrogens is 101 g/mol. The molecule has 0 aliphatic carbocycles. The zero-order valence-corrected chi connectivity index (χ0v) is 5.27. The molecule has 0 aromatic carbocycles. The third-order valence-corrected chi connectivity index (χ3v) is 1.00. The third kappa shape index (κ3) is 3.72. The summed E-state index contributed by atoms with van der Waals surface area (Å²) in [5.74, 6) is -0.445. The molecule has 3 heteroatoms. The van der Waals surface area contributed by atoms with Crippen LogP contribution in [0.25, 0.3) is 0 Å². The van der Waals surface area contributed by atoms with Crippen molar-refractivity contribution in [1.82, 2.24) is 5.32 Å². The van der Waals surface area contributed by atoms with Crippen LogP contribution >= 0.6 is 0 Å². The van der Waals surface area contributed by atoms with Gasteiger partial charge in [-0.1, -0.05) is 6.92 Å². The van der Waals surface area contributed by atoms with Crippen LogP contribution in [0.2, 0.25) is 0 Å². The summed E-state index contributed by atoms with van der Waals surface area (Å²) in [5, 5.41) is 2.53. The van der Waals surface area contributed by atoms with Gasteiger partial charge in [0.1, 0.15) is 0 Å². The summed E-state index contributed by atoms with van der Waals surface area (Å²) >= 11 is 0. The molecule has 0 aromatic rings. The van der Waals surface area contributed by atoms with Gasteiger partial charge in [0, 0.05) is 6.04 Å². The van der Waals surface area contributed by atoms with Crippen molar-refractivity contribution in [2.24, 2.45) is 0 Å². The number of rotatable bonds is 2. The second kappa shape index (κ2) is 3.53. The van der Waals surface area contributed by atoms with E-state index in [1.807, 2.05) is 13.8 Å². The molecule has 0 aliphatic rings. The highest BCUT2D eigenvalue weighted by molar-refractivity contribution is 6.57. The molecule has 1 atom stereocenters. The lowest BCUT2D eigenvalue weighted by molar-refractivity contribution is 0.256. The lowest BCUT2D eigenvalue weighted by Crippen LogP contribution is -2.30. The predicted octanol–water partition coefficient (Wildman–Crippen LogP) is 0.663. The van der Waals surface area contributed by atoms with E-state index in [4.69, 9.17) is 7.85 Å². The normalized spacial score (nSPS) is 12.8. The molecule has 1 N–H and O–H groups in total. The molecule has 0 fully saturated rings. The second-order valence-electron chi connectivity index (χ2n) is 1.82. The Hall–Kier alpha value is -0.465. The standard InChI is InChI=1S/C5H10BNO/c1-3-4(2)7-5(6)8/h4H,3H2,1-2H3,(H,7,8)/t4-/m1/s1. The minimum Gasteiger partial charge on any atom is -0.364 e. The molecule has 0 heterocycles. The average Bonchev–Trinajstić information content (AvgIpc) is 1.65. The first-order valence-corrected chi connectivity index (χ1v) is 2.72. The van der Waals surface area contributed by atoms with Crippen molar-refractivity contribution in [1.29, 1.82) is 0 Å². The zero-order chi connectivity index (χ0) is 6.57. The minimum atomic E-state index is -0.445. The van der Waals surface area contributed by atoms with Gasteiger partial charge < -0.3 is 5.32 Å². The molecule has 0 aromatic heterocycles. The highest BCUT2D eigenvalue weighted by Crippen LogP contribution is 1.85. The van der Waals surface area contributed by atoms with Crippen molar-refractivity contribution < 1.29 is 4.79 Å². The van der Waals surface area contributed by atoms with E-state index in [-0.39, 0.29) is 6.04 Å². The van der Waals surface area contributed by atoms with Gasteiger partial charge in [-0.25, -0.2) is 0 Å². The van der Waals surface area contributed by atoms with Crippen molar-refractivity contribution in [3.63, 3.8) is 0 Å². The topological polar surface area (TPSA) is 29.1 Å². The number of hydrogen-bond donors (Lipinski definition) is 1. The lowest BCUT2D eigenvalue weighted by Gasteiger charge is -2.07. The van der Waals surface area contributed by atoms with Crippen LogP contribution in [0.4, 0.5) is 4.79 Å². The molecule has 0 saturated carbocycles. The van der Waals surface area contributed by atoms with Crippen LogP contribution in [-0.4, -0.2) is 19.7 Å². The summed E-state index contributed by atoms with van der Waals surface area (Å²) in [6, 6.07) is 0.201. The maximum absolute atomic E-state index is 10.1. The molecule has 0 spiro atoms. The van der Waals surface area contributed by atoms with E-state index in [2.05, 4.69) is 5.32 Å². The van der Waals surface area contributed by atoms with E-state index in [0.717, 1.165) is 6.42 Å². The number of hydrogen-bond acceptors (Lipinski definition) is 1. The number of nitrogens with one attached hydrogen (secondary N) is 1. The van der Waals surface area contributed by atoms with Crippen molar-refractivity contribution in [2.45, 2.75) is 26.3 Å². The summed E-state index contributed by atoms with van der Waals surface area (Å²) in [5.41, 5.74) is 0. The quantitative estimate of drug-likeness (QED) is 0.521. The molecule has 0 rings (SSSR count). The molecule has 44 valence electrons. The molecule has 8 heavy (non-hydrogen) atoms. The van der Waals surface area contributed by atoms with Crippen LogP contribution < -0.4 is 5.32 Å². The van der Waals surface area contributed by atoms with E-state index >= 15 is 0 Å².